The molecule has 3 rings (SSSR count). The van der Waals surface area contributed by atoms with Crippen LogP contribution in [-0.2, 0) is 6.54 Å². The van der Waals surface area contributed by atoms with Crippen molar-refractivity contribution in [2.75, 3.05) is 5.32 Å². The van der Waals surface area contributed by atoms with Crippen molar-refractivity contribution in [3.05, 3.63) is 62.8 Å². The molecule has 0 saturated carbocycles. The molecule has 0 aliphatic carbocycles. The third-order valence-corrected chi connectivity index (χ3v) is 4.38. The molecule has 0 atom stereocenters. The Labute approximate surface area is 140 Å². The number of amides is 1. The number of benzene rings is 1. The molecule has 0 spiro atoms. The van der Waals surface area contributed by atoms with E-state index in [9.17, 15) is 4.79 Å². The maximum Gasteiger partial charge on any atom is 0.258 e. The quantitative estimate of drug-likeness (QED) is 0.773. The first-order valence-electron chi connectivity index (χ1n) is 6.29. The van der Waals surface area contributed by atoms with Crippen LogP contribution in [0.1, 0.15) is 15.9 Å². The molecule has 5 nitrogen and oxygen atoms in total. The van der Waals surface area contributed by atoms with Gasteiger partial charge in [-0.2, -0.15) is 5.10 Å². The molecule has 1 aromatic carbocycles. The monoisotopic (exact) mass is 352 g/mol. The highest BCUT2D eigenvalue weighted by atomic mass is 35.5. The lowest BCUT2D eigenvalue weighted by atomic mass is 10.2. The van der Waals surface area contributed by atoms with Crippen LogP contribution in [0.5, 0.6) is 0 Å². The molecule has 22 heavy (non-hydrogen) atoms. The van der Waals surface area contributed by atoms with Gasteiger partial charge in [0, 0.05) is 5.69 Å². The lowest BCUT2D eigenvalue weighted by Gasteiger charge is -2.07. The van der Waals surface area contributed by atoms with E-state index in [0.717, 1.165) is 5.56 Å². The summed E-state index contributed by atoms with van der Waals surface area (Å²) in [6, 6.07) is 9.06. The van der Waals surface area contributed by atoms with E-state index < -0.39 is 0 Å². The van der Waals surface area contributed by atoms with Gasteiger partial charge in [0.25, 0.3) is 5.91 Å². The van der Waals surface area contributed by atoms with Gasteiger partial charge in [0.1, 0.15) is 17.0 Å². The zero-order valence-corrected chi connectivity index (χ0v) is 13.5. The normalized spacial score (nSPS) is 10.6. The van der Waals surface area contributed by atoms with Gasteiger partial charge >= 0.3 is 0 Å². The highest BCUT2D eigenvalue weighted by Crippen LogP contribution is 2.31. The van der Waals surface area contributed by atoms with Crippen LogP contribution in [0.4, 0.5) is 5.69 Å². The average Bonchev–Trinajstić information content (AvgIpc) is 3.09. The van der Waals surface area contributed by atoms with Crippen LogP contribution >= 0.6 is 34.5 Å². The Morgan fingerprint density at radius 1 is 1.32 bits per heavy atom. The molecule has 0 unspecified atom stereocenters. The van der Waals surface area contributed by atoms with Crippen LogP contribution in [-0.4, -0.2) is 20.7 Å². The molecule has 0 aliphatic heterocycles. The first-order valence-corrected chi connectivity index (χ1v) is 7.86. The van der Waals surface area contributed by atoms with Crippen molar-refractivity contribution < 1.29 is 4.79 Å². The Morgan fingerprint density at radius 3 is 2.86 bits per heavy atom. The van der Waals surface area contributed by atoms with E-state index in [1.54, 1.807) is 17.1 Å². The molecule has 0 aliphatic rings. The van der Waals surface area contributed by atoms with E-state index >= 15 is 0 Å². The Balaban J connectivity index is 1.75. The third kappa shape index (κ3) is 3.47. The second-order valence-corrected chi connectivity index (χ2v) is 6.77. The summed E-state index contributed by atoms with van der Waals surface area (Å²) in [6.45, 7) is 0.578. The number of nitrogens with zero attached hydrogens (tertiary/aromatic N) is 3. The fourth-order valence-corrected chi connectivity index (χ4v) is 3.40. The minimum Gasteiger partial charge on any atom is -0.322 e. The highest BCUT2D eigenvalue weighted by molar-refractivity contribution is 7.20. The van der Waals surface area contributed by atoms with Crippen LogP contribution in [0.25, 0.3) is 0 Å². The van der Waals surface area contributed by atoms with Gasteiger partial charge < -0.3 is 5.32 Å². The highest BCUT2D eigenvalue weighted by Gasteiger charge is 2.14. The molecule has 1 amide bonds. The fourth-order valence-electron chi connectivity index (χ4n) is 1.94. The number of rotatable bonds is 4. The Bertz CT molecular complexity index is 801. The number of hydrogen-bond donors (Lipinski definition) is 1. The maximum atomic E-state index is 12.2. The van der Waals surface area contributed by atoms with E-state index in [2.05, 4.69) is 15.4 Å². The van der Waals surface area contributed by atoms with Crippen LogP contribution in [0.15, 0.2) is 43.0 Å². The van der Waals surface area contributed by atoms with Crippen LogP contribution in [0, 0.1) is 0 Å². The predicted octanol–water partition coefficient (Wildman–Crippen LogP) is 3.95. The van der Waals surface area contributed by atoms with E-state index in [1.165, 1.54) is 17.7 Å². The number of thiophene rings is 1. The van der Waals surface area contributed by atoms with E-state index in [-0.39, 0.29) is 5.91 Å². The van der Waals surface area contributed by atoms with Crippen molar-refractivity contribution in [2.45, 2.75) is 6.54 Å². The van der Waals surface area contributed by atoms with Gasteiger partial charge in [-0.25, -0.2) is 9.67 Å². The zero-order chi connectivity index (χ0) is 15.5. The lowest BCUT2D eigenvalue weighted by Crippen LogP contribution is -2.11. The Morgan fingerprint density at radius 2 is 2.18 bits per heavy atom. The number of nitrogens with one attached hydrogen (secondary N) is 1. The van der Waals surface area contributed by atoms with Crippen molar-refractivity contribution in [3.63, 3.8) is 0 Å². The van der Waals surface area contributed by atoms with Crippen molar-refractivity contribution in [2.24, 2.45) is 0 Å². The van der Waals surface area contributed by atoms with Gasteiger partial charge in [-0.05, 0) is 23.8 Å². The molecule has 8 heteroatoms. The summed E-state index contributed by atoms with van der Waals surface area (Å²) in [6.07, 6.45) is 3.12. The van der Waals surface area contributed by atoms with Crippen LogP contribution < -0.4 is 5.32 Å². The van der Waals surface area contributed by atoms with Gasteiger partial charge in [0.05, 0.1) is 16.4 Å². The van der Waals surface area contributed by atoms with Gasteiger partial charge in [0.2, 0.25) is 0 Å². The van der Waals surface area contributed by atoms with Crippen molar-refractivity contribution in [3.8, 4) is 0 Å². The molecule has 0 bridgehead atoms. The number of anilines is 1. The number of carbonyl (C=O) groups excluding carboxylic acids is 1. The molecule has 3 aromatic rings. The summed E-state index contributed by atoms with van der Waals surface area (Å²) < 4.78 is 2.56. The van der Waals surface area contributed by atoms with Crippen molar-refractivity contribution in [1.82, 2.24) is 14.8 Å². The Kier molecular flexibility index (Phi) is 4.42. The molecule has 2 heterocycles. The number of carbonyl (C=O) groups is 1. The SMILES string of the molecule is O=C(Nc1cccc(Cn2cncn2)c1)c1cc(Cl)sc1Cl. The van der Waals surface area contributed by atoms with Crippen molar-refractivity contribution >= 4 is 46.1 Å². The summed E-state index contributed by atoms with van der Waals surface area (Å²) in [5.74, 6) is -0.286. The molecular weight excluding hydrogens is 343 g/mol. The fraction of sp³-hybridized carbons (Fsp3) is 0.0714. The van der Waals surface area contributed by atoms with E-state index in [0.29, 0.717) is 26.5 Å². The van der Waals surface area contributed by atoms with E-state index in [4.69, 9.17) is 23.2 Å². The van der Waals surface area contributed by atoms with Gasteiger partial charge in [0.15, 0.2) is 0 Å². The third-order valence-electron chi connectivity index (χ3n) is 2.90. The number of hydrogen-bond acceptors (Lipinski definition) is 4. The summed E-state index contributed by atoms with van der Waals surface area (Å²) in [7, 11) is 0. The lowest BCUT2D eigenvalue weighted by molar-refractivity contribution is 0.102. The zero-order valence-electron chi connectivity index (χ0n) is 11.2. The standard InChI is InChI=1S/C14H10Cl2N4OS/c15-12-5-11(13(16)22-12)14(21)19-10-3-1-2-9(4-10)6-20-8-17-7-18-20/h1-5,7-8H,6H2,(H,19,21). The summed E-state index contributed by atoms with van der Waals surface area (Å²) >= 11 is 13.0. The van der Waals surface area contributed by atoms with Gasteiger partial charge in [-0.3, -0.25) is 4.79 Å². The summed E-state index contributed by atoms with van der Waals surface area (Å²) in [4.78, 5) is 16.1. The number of halogens is 2. The summed E-state index contributed by atoms with van der Waals surface area (Å²) in [5, 5.41) is 6.86. The second kappa shape index (κ2) is 6.48. The largest absolute Gasteiger partial charge is 0.322 e. The maximum absolute atomic E-state index is 12.2. The molecule has 0 radical (unpaired) electrons. The van der Waals surface area contributed by atoms with Crippen molar-refractivity contribution in [1.29, 1.82) is 0 Å². The minimum atomic E-state index is -0.286. The van der Waals surface area contributed by atoms with Gasteiger partial charge in [-0.15, -0.1) is 11.3 Å². The number of aromatic nitrogens is 3. The predicted molar refractivity (Wildman–Crippen MR) is 87.9 cm³/mol. The molecule has 0 saturated heterocycles. The summed E-state index contributed by atoms with van der Waals surface area (Å²) in [5.41, 5.74) is 2.05. The topological polar surface area (TPSA) is 59.8 Å². The minimum absolute atomic E-state index is 0.286. The first kappa shape index (κ1) is 15.0. The second-order valence-electron chi connectivity index (χ2n) is 4.49. The molecule has 0 fully saturated rings. The molecule has 2 aromatic heterocycles. The van der Waals surface area contributed by atoms with Gasteiger partial charge in [-0.1, -0.05) is 35.3 Å². The van der Waals surface area contributed by atoms with Crippen LogP contribution in [0.2, 0.25) is 8.67 Å². The first-order chi connectivity index (χ1) is 10.6. The molecule has 112 valence electrons. The molecule has 1 N–H and O–H groups in total. The average molecular weight is 353 g/mol. The van der Waals surface area contributed by atoms with E-state index in [1.807, 2.05) is 24.3 Å². The molecular formula is C14H10Cl2N4OS. The smallest absolute Gasteiger partial charge is 0.258 e. The van der Waals surface area contributed by atoms with Crippen LogP contribution in [0.3, 0.4) is 0 Å². The Hall–Kier alpha value is -1.89.